The summed E-state index contributed by atoms with van der Waals surface area (Å²) in [5, 5.41) is 14.9. The average molecular weight is 325 g/mol. The monoisotopic (exact) mass is 325 g/mol. The van der Waals surface area contributed by atoms with E-state index in [2.05, 4.69) is 29.6 Å². The predicted molar refractivity (Wildman–Crippen MR) is 98.4 cm³/mol. The molecule has 0 fully saturated rings. The molecule has 2 aliphatic rings. The van der Waals surface area contributed by atoms with E-state index in [4.69, 9.17) is 4.42 Å². The van der Waals surface area contributed by atoms with Crippen LogP contribution in [0.15, 0.2) is 70.5 Å². The molecule has 0 bridgehead atoms. The van der Waals surface area contributed by atoms with Gasteiger partial charge in [0.05, 0.1) is 10.4 Å². The Balaban J connectivity index is 1.88. The van der Waals surface area contributed by atoms with E-state index in [1.165, 1.54) is 0 Å². The number of hydrogen-bond donors (Lipinski definition) is 0. The van der Waals surface area contributed by atoms with Crippen molar-refractivity contribution in [1.82, 2.24) is 0 Å². The Labute approximate surface area is 142 Å². The summed E-state index contributed by atoms with van der Waals surface area (Å²) in [6.45, 7) is 0. The van der Waals surface area contributed by atoms with E-state index in [1.807, 2.05) is 42.5 Å². The lowest BCUT2D eigenvalue weighted by atomic mass is 10.1. The van der Waals surface area contributed by atoms with E-state index in [1.54, 1.807) is 11.3 Å². The van der Waals surface area contributed by atoms with Gasteiger partial charge in [-0.25, -0.2) is 0 Å². The molecule has 2 heterocycles. The Bertz CT molecular complexity index is 1190. The molecule has 0 radical (unpaired) electrons. The number of thiophene rings is 1. The summed E-state index contributed by atoms with van der Waals surface area (Å²) in [6.07, 6.45) is 0. The first-order chi connectivity index (χ1) is 11.9. The van der Waals surface area contributed by atoms with Crippen LogP contribution in [0.5, 0.6) is 0 Å². The molecule has 2 aromatic heterocycles. The van der Waals surface area contributed by atoms with Gasteiger partial charge in [-0.15, -0.1) is 11.3 Å². The first-order valence-corrected chi connectivity index (χ1v) is 8.56. The summed E-state index contributed by atoms with van der Waals surface area (Å²) in [4.78, 5) is 1.08. The Hall–Kier alpha value is -3.09. The molecular weight excluding hydrogens is 314 g/mol. The second kappa shape index (κ2) is 4.95. The van der Waals surface area contributed by atoms with Crippen LogP contribution in [0, 0.1) is 11.3 Å². The van der Waals surface area contributed by atoms with Gasteiger partial charge in [0.25, 0.3) is 0 Å². The van der Waals surface area contributed by atoms with Crippen LogP contribution in [-0.4, -0.2) is 0 Å². The SMILES string of the molecule is N#Cc1c2cccccc-2c2c(-c3cc4ccccc4o3)scc12. The van der Waals surface area contributed by atoms with Gasteiger partial charge in [0.2, 0.25) is 0 Å². The Morgan fingerprint density at radius 2 is 1.71 bits per heavy atom. The van der Waals surface area contributed by atoms with Crippen LogP contribution in [0.4, 0.5) is 0 Å². The average Bonchev–Trinajstić information content (AvgIpc) is 3.23. The van der Waals surface area contributed by atoms with Crippen LogP contribution >= 0.6 is 11.3 Å². The number of fused-ring (bicyclic) bond motifs is 4. The lowest BCUT2D eigenvalue weighted by molar-refractivity contribution is 0.634. The summed E-state index contributed by atoms with van der Waals surface area (Å²) in [5.41, 5.74) is 3.73. The van der Waals surface area contributed by atoms with Gasteiger partial charge in [0.15, 0.2) is 0 Å². The molecule has 3 aromatic rings. The number of para-hydroxylation sites is 1. The summed E-state index contributed by atoms with van der Waals surface area (Å²) in [6, 6.07) is 22.6. The van der Waals surface area contributed by atoms with Crippen LogP contribution in [0.1, 0.15) is 5.56 Å². The molecule has 5 rings (SSSR count). The van der Waals surface area contributed by atoms with Gasteiger partial charge in [-0.3, -0.25) is 0 Å². The van der Waals surface area contributed by atoms with E-state index in [9.17, 15) is 5.26 Å². The van der Waals surface area contributed by atoms with E-state index < -0.39 is 0 Å². The lowest BCUT2D eigenvalue weighted by Gasteiger charge is -1.97. The second-order valence-electron chi connectivity index (χ2n) is 5.73. The minimum atomic E-state index is 0.745. The number of benzene rings is 1. The normalized spacial score (nSPS) is 11.3. The van der Waals surface area contributed by atoms with Crippen molar-refractivity contribution in [1.29, 1.82) is 5.26 Å². The Kier molecular flexibility index (Phi) is 2.76. The number of furan rings is 1. The summed E-state index contributed by atoms with van der Waals surface area (Å²) in [5.74, 6) is 0.860. The lowest BCUT2D eigenvalue weighted by Crippen LogP contribution is -1.73. The van der Waals surface area contributed by atoms with Crippen molar-refractivity contribution in [3.63, 3.8) is 0 Å². The fourth-order valence-corrected chi connectivity index (χ4v) is 4.36. The highest BCUT2D eigenvalue weighted by Crippen LogP contribution is 2.47. The summed E-state index contributed by atoms with van der Waals surface area (Å²) in [7, 11) is 0. The van der Waals surface area contributed by atoms with Crippen LogP contribution < -0.4 is 0 Å². The Morgan fingerprint density at radius 1 is 0.917 bits per heavy atom. The van der Waals surface area contributed by atoms with E-state index in [0.717, 1.165) is 49.1 Å². The van der Waals surface area contributed by atoms with Crippen molar-refractivity contribution >= 4 is 33.1 Å². The van der Waals surface area contributed by atoms with E-state index in [0.29, 0.717) is 0 Å². The fourth-order valence-electron chi connectivity index (χ4n) is 3.33. The van der Waals surface area contributed by atoms with Crippen LogP contribution in [0.2, 0.25) is 0 Å². The molecular formula is C21H11NOS. The minimum absolute atomic E-state index is 0.745. The van der Waals surface area contributed by atoms with Crippen LogP contribution in [-0.2, 0) is 0 Å². The van der Waals surface area contributed by atoms with Gasteiger partial charge in [-0.2, -0.15) is 5.26 Å². The zero-order chi connectivity index (χ0) is 16.1. The number of nitriles is 1. The molecule has 3 heteroatoms. The Morgan fingerprint density at radius 3 is 2.54 bits per heavy atom. The highest BCUT2D eigenvalue weighted by atomic mass is 32.1. The van der Waals surface area contributed by atoms with Crippen molar-refractivity contribution in [2.24, 2.45) is 0 Å². The predicted octanol–water partition coefficient (Wildman–Crippen LogP) is 6.29. The van der Waals surface area contributed by atoms with Crippen LogP contribution in [0.3, 0.4) is 0 Å². The maximum atomic E-state index is 9.63. The molecule has 0 atom stereocenters. The van der Waals surface area contributed by atoms with Gasteiger partial charge >= 0.3 is 0 Å². The van der Waals surface area contributed by atoms with Gasteiger partial charge in [-0.05, 0) is 17.7 Å². The smallest absolute Gasteiger partial charge is 0.146 e. The molecule has 1 aromatic carbocycles. The molecule has 0 saturated carbocycles. The molecule has 2 nitrogen and oxygen atoms in total. The summed E-state index contributed by atoms with van der Waals surface area (Å²) < 4.78 is 6.06. The third-order valence-electron chi connectivity index (χ3n) is 4.40. The number of hydrogen-bond acceptors (Lipinski definition) is 3. The quantitative estimate of drug-likeness (QED) is 0.363. The van der Waals surface area contributed by atoms with E-state index >= 15 is 0 Å². The molecule has 24 heavy (non-hydrogen) atoms. The third kappa shape index (κ3) is 1.75. The molecule has 0 N–H and O–H groups in total. The number of nitrogens with zero attached hydrogens (tertiary/aromatic N) is 1. The first-order valence-electron chi connectivity index (χ1n) is 7.68. The highest BCUT2D eigenvalue weighted by Gasteiger charge is 2.22. The molecule has 0 aliphatic heterocycles. The second-order valence-corrected chi connectivity index (χ2v) is 6.61. The number of rotatable bonds is 1. The van der Waals surface area contributed by atoms with Gasteiger partial charge in [0.1, 0.15) is 17.4 Å². The van der Waals surface area contributed by atoms with Crippen molar-refractivity contribution < 1.29 is 4.42 Å². The van der Waals surface area contributed by atoms with Crippen molar-refractivity contribution in [3.05, 3.63) is 71.6 Å². The first kappa shape index (κ1) is 13.4. The maximum absolute atomic E-state index is 9.63. The largest absolute Gasteiger partial charge is 0.455 e. The molecule has 2 aliphatic carbocycles. The van der Waals surface area contributed by atoms with Gasteiger partial charge in [-0.1, -0.05) is 48.5 Å². The fraction of sp³-hybridized carbons (Fsp3) is 0. The molecule has 112 valence electrons. The zero-order valence-corrected chi connectivity index (χ0v) is 13.4. The molecule has 0 spiro atoms. The van der Waals surface area contributed by atoms with Gasteiger partial charge < -0.3 is 4.42 Å². The minimum Gasteiger partial charge on any atom is -0.455 e. The molecule has 0 amide bonds. The maximum Gasteiger partial charge on any atom is 0.146 e. The van der Waals surface area contributed by atoms with Crippen molar-refractivity contribution in [3.8, 4) is 27.8 Å². The zero-order valence-electron chi connectivity index (χ0n) is 12.6. The molecule has 0 saturated heterocycles. The van der Waals surface area contributed by atoms with Gasteiger partial charge in [0, 0.05) is 27.1 Å². The van der Waals surface area contributed by atoms with Crippen molar-refractivity contribution in [2.75, 3.05) is 0 Å². The van der Waals surface area contributed by atoms with E-state index in [-0.39, 0.29) is 0 Å². The molecule has 0 unspecified atom stereocenters. The third-order valence-corrected chi connectivity index (χ3v) is 5.39. The standard InChI is InChI=1S/C21H11NOS/c22-11-16-14-7-2-1-3-8-15(14)20-17(16)12-24-21(20)19-10-13-6-4-5-9-18(13)23-19/h1-10,12H. The van der Waals surface area contributed by atoms with Crippen molar-refractivity contribution in [2.45, 2.75) is 0 Å². The topological polar surface area (TPSA) is 36.9 Å². The summed E-state index contributed by atoms with van der Waals surface area (Å²) >= 11 is 1.63. The van der Waals surface area contributed by atoms with Crippen LogP contribution in [0.25, 0.3) is 43.5 Å². The highest BCUT2D eigenvalue weighted by molar-refractivity contribution is 7.15.